The molecule has 0 aromatic heterocycles. The van der Waals surface area contributed by atoms with Gasteiger partial charge in [-0.25, -0.2) is 4.79 Å². The number of amides is 3. The Morgan fingerprint density at radius 3 is 1.83 bits per heavy atom. The van der Waals surface area contributed by atoms with Crippen molar-refractivity contribution in [3.63, 3.8) is 0 Å². The van der Waals surface area contributed by atoms with Crippen molar-refractivity contribution in [1.29, 1.82) is 0 Å². The Labute approximate surface area is 176 Å². The predicted molar refractivity (Wildman–Crippen MR) is 109 cm³/mol. The van der Waals surface area contributed by atoms with Crippen LogP contribution in [0, 0.1) is 11.8 Å². The fourth-order valence-corrected chi connectivity index (χ4v) is 2.67. The van der Waals surface area contributed by atoms with Crippen LogP contribution in [0.3, 0.4) is 0 Å². The number of hydrogen-bond donors (Lipinski definition) is 7. The molecule has 0 aliphatic rings. The van der Waals surface area contributed by atoms with Crippen LogP contribution in [0.4, 0.5) is 0 Å². The van der Waals surface area contributed by atoms with Gasteiger partial charge in [0.15, 0.2) is 0 Å². The molecule has 0 radical (unpaired) electrons. The molecule has 0 spiro atoms. The lowest BCUT2D eigenvalue weighted by Gasteiger charge is -2.27. The van der Waals surface area contributed by atoms with Crippen molar-refractivity contribution in [1.82, 2.24) is 16.0 Å². The first-order valence-corrected chi connectivity index (χ1v) is 10.0. The Hall–Kier alpha value is -2.24. The summed E-state index contributed by atoms with van der Waals surface area (Å²) in [6.07, 6.45) is -0.507. The molecule has 0 heterocycles. The van der Waals surface area contributed by atoms with E-state index in [1.54, 1.807) is 13.8 Å². The fourth-order valence-electron chi connectivity index (χ4n) is 2.67. The van der Waals surface area contributed by atoms with Crippen molar-refractivity contribution < 1.29 is 34.5 Å². The van der Waals surface area contributed by atoms with Crippen molar-refractivity contribution in [2.75, 3.05) is 6.61 Å². The molecule has 0 bridgehead atoms. The van der Waals surface area contributed by atoms with Gasteiger partial charge in [0.25, 0.3) is 0 Å². The lowest BCUT2D eigenvalue weighted by molar-refractivity contribution is -0.144. The normalized spacial score (nSPS) is 17.2. The Kier molecular flexibility index (Phi) is 12.2. The van der Waals surface area contributed by atoms with E-state index >= 15 is 0 Å². The van der Waals surface area contributed by atoms with Crippen molar-refractivity contribution in [2.45, 2.75) is 77.7 Å². The van der Waals surface area contributed by atoms with Gasteiger partial charge in [0.1, 0.15) is 18.1 Å². The van der Waals surface area contributed by atoms with Gasteiger partial charge in [-0.05, 0) is 25.2 Å². The SMILES string of the molecule is CCC(C)C(NC(=O)C(NC(=O)C(CO)NC(=O)C(N)CC(C)C)C(C)O)C(=O)O. The summed E-state index contributed by atoms with van der Waals surface area (Å²) in [6, 6.07) is -4.97. The Morgan fingerprint density at radius 2 is 1.43 bits per heavy atom. The summed E-state index contributed by atoms with van der Waals surface area (Å²) in [5.74, 6) is -3.94. The number of carbonyl (C=O) groups excluding carboxylic acids is 3. The first-order valence-electron chi connectivity index (χ1n) is 10.0. The third-order valence-electron chi connectivity index (χ3n) is 4.72. The van der Waals surface area contributed by atoms with E-state index in [9.17, 15) is 34.5 Å². The maximum atomic E-state index is 12.5. The van der Waals surface area contributed by atoms with E-state index < -0.39 is 60.6 Å². The summed E-state index contributed by atoms with van der Waals surface area (Å²) >= 11 is 0. The van der Waals surface area contributed by atoms with Gasteiger partial charge in [-0.2, -0.15) is 0 Å². The molecule has 11 heteroatoms. The zero-order chi connectivity index (χ0) is 23.6. The number of aliphatic hydroxyl groups excluding tert-OH is 2. The van der Waals surface area contributed by atoms with Gasteiger partial charge in [-0.15, -0.1) is 0 Å². The Bertz CT molecular complexity index is 597. The van der Waals surface area contributed by atoms with Gasteiger partial charge in [-0.3, -0.25) is 14.4 Å². The van der Waals surface area contributed by atoms with Crippen molar-refractivity contribution in [3.05, 3.63) is 0 Å². The van der Waals surface area contributed by atoms with E-state index in [-0.39, 0.29) is 11.8 Å². The van der Waals surface area contributed by atoms with Crippen LogP contribution in [0.15, 0.2) is 0 Å². The van der Waals surface area contributed by atoms with E-state index in [1.807, 2.05) is 13.8 Å². The van der Waals surface area contributed by atoms with Gasteiger partial charge in [-0.1, -0.05) is 34.1 Å². The third kappa shape index (κ3) is 9.06. The Balaban J connectivity index is 5.21. The summed E-state index contributed by atoms with van der Waals surface area (Å²) in [5.41, 5.74) is 5.76. The minimum Gasteiger partial charge on any atom is -0.480 e. The highest BCUT2D eigenvalue weighted by Gasteiger charge is 2.33. The van der Waals surface area contributed by atoms with Crippen molar-refractivity contribution in [3.8, 4) is 0 Å². The molecule has 0 rings (SSSR count). The van der Waals surface area contributed by atoms with Crippen LogP contribution in [-0.4, -0.2) is 75.9 Å². The fraction of sp³-hybridized carbons (Fsp3) is 0.789. The standard InChI is InChI=1S/C19H36N4O7/c1-6-10(4)14(19(29)30)22-18(28)15(11(5)25)23-17(27)13(8-24)21-16(26)12(20)7-9(2)3/h9-15,24-25H,6-8,20H2,1-5H3,(H,21,26)(H,22,28)(H,23,27)(H,29,30). The number of carboxylic acid groups (broad SMARTS) is 1. The summed E-state index contributed by atoms with van der Waals surface area (Å²) in [5, 5.41) is 35.5. The van der Waals surface area contributed by atoms with Crippen LogP contribution in [0.25, 0.3) is 0 Å². The first kappa shape index (κ1) is 27.8. The van der Waals surface area contributed by atoms with Crippen LogP contribution in [-0.2, 0) is 19.2 Å². The quantitative estimate of drug-likeness (QED) is 0.179. The van der Waals surface area contributed by atoms with Gasteiger partial charge in [0.05, 0.1) is 18.8 Å². The summed E-state index contributed by atoms with van der Waals surface area (Å²) in [6.45, 7) is 7.64. The maximum absolute atomic E-state index is 12.5. The van der Waals surface area contributed by atoms with E-state index in [1.165, 1.54) is 6.92 Å². The lowest BCUT2D eigenvalue weighted by Crippen LogP contribution is -2.61. The van der Waals surface area contributed by atoms with E-state index in [0.29, 0.717) is 12.8 Å². The summed E-state index contributed by atoms with van der Waals surface area (Å²) in [4.78, 5) is 48.5. The topological polar surface area (TPSA) is 191 Å². The monoisotopic (exact) mass is 432 g/mol. The van der Waals surface area contributed by atoms with Crippen LogP contribution in [0.1, 0.15) is 47.5 Å². The second-order valence-electron chi connectivity index (χ2n) is 7.92. The van der Waals surface area contributed by atoms with Crippen LogP contribution in [0.2, 0.25) is 0 Å². The average molecular weight is 433 g/mol. The highest BCUT2D eigenvalue weighted by molar-refractivity contribution is 5.94. The molecule has 6 unspecified atom stereocenters. The smallest absolute Gasteiger partial charge is 0.326 e. The van der Waals surface area contributed by atoms with Crippen LogP contribution < -0.4 is 21.7 Å². The minimum atomic E-state index is -1.49. The predicted octanol–water partition coefficient (Wildman–Crippen LogP) is -1.68. The number of aliphatic hydroxyl groups is 2. The van der Waals surface area contributed by atoms with E-state index in [0.717, 1.165) is 0 Å². The molecule has 0 fully saturated rings. The molecule has 11 nitrogen and oxygen atoms in total. The van der Waals surface area contributed by atoms with Gasteiger partial charge < -0.3 is 37.0 Å². The number of rotatable bonds is 13. The van der Waals surface area contributed by atoms with Gasteiger partial charge in [0.2, 0.25) is 17.7 Å². The number of aliphatic carboxylic acids is 1. The number of nitrogens with two attached hydrogens (primary N) is 1. The number of nitrogens with one attached hydrogen (secondary N) is 3. The summed E-state index contributed by atoms with van der Waals surface area (Å²) < 4.78 is 0. The molecule has 0 aliphatic heterocycles. The third-order valence-corrected chi connectivity index (χ3v) is 4.72. The average Bonchev–Trinajstić information content (AvgIpc) is 2.65. The number of carboxylic acids is 1. The molecule has 0 saturated carbocycles. The second kappa shape index (κ2) is 13.1. The minimum absolute atomic E-state index is 0.142. The van der Waals surface area contributed by atoms with Gasteiger partial charge >= 0.3 is 5.97 Å². The largest absolute Gasteiger partial charge is 0.480 e. The zero-order valence-electron chi connectivity index (χ0n) is 18.2. The Morgan fingerprint density at radius 1 is 0.900 bits per heavy atom. The molecular formula is C19H36N4O7. The molecule has 0 aromatic rings. The molecule has 3 amide bonds. The van der Waals surface area contributed by atoms with E-state index in [4.69, 9.17) is 5.73 Å². The number of hydrogen-bond acceptors (Lipinski definition) is 7. The van der Waals surface area contributed by atoms with Crippen LogP contribution in [0.5, 0.6) is 0 Å². The zero-order valence-corrected chi connectivity index (χ0v) is 18.2. The number of carbonyl (C=O) groups is 4. The van der Waals surface area contributed by atoms with E-state index in [2.05, 4.69) is 16.0 Å². The molecule has 8 N–H and O–H groups in total. The highest BCUT2D eigenvalue weighted by Crippen LogP contribution is 2.09. The molecular weight excluding hydrogens is 396 g/mol. The molecule has 0 aromatic carbocycles. The van der Waals surface area contributed by atoms with Crippen LogP contribution >= 0.6 is 0 Å². The van der Waals surface area contributed by atoms with Crippen molar-refractivity contribution >= 4 is 23.7 Å². The van der Waals surface area contributed by atoms with Gasteiger partial charge in [0, 0.05) is 0 Å². The molecule has 6 atom stereocenters. The molecule has 0 saturated heterocycles. The van der Waals surface area contributed by atoms with Crippen molar-refractivity contribution in [2.24, 2.45) is 17.6 Å². The lowest BCUT2D eigenvalue weighted by atomic mass is 9.98. The molecule has 174 valence electrons. The summed E-state index contributed by atoms with van der Waals surface area (Å²) in [7, 11) is 0. The first-order chi connectivity index (χ1) is 13.8. The second-order valence-corrected chi connectivity index (χ2v) is 7.92. The molecule has 0 aliphatic carbocycles. The highest BCUT2D eigenvalue weighted by atomic mass is 16.4. The molecule has 30 heavy (non-hydrogen) atoms. The maximum Gasteiger partial charge on any atom is 0.326 e.